The van der Waals surface area contributed by atoms with Crippen molar-refractivity contribution in [2.75, 3.05) is 0 Å². The van der Waals surface area contributed by atoms with Gasteiger partial charge in [-0.05, 0) is 81.0 Å². The van der Waals surface area contributed by atoms with E-state index in [2.05, 4.69) is 40.7 Å². The summed E-state index contributed by atoms with van der Waals surface area (Å²) in [6.07, 6.45) is 13.6. The van der Waals surface area contributed by atoms with Crippen LogP contribution in [0.5, 0.6) is 0 Å². The summed E-state index contributed by atoms with van der Waals surface area (Å²) in [4.78, 5) is 11.1. The Hall–Kier alpha value is -0.590. The average molecular weight is 333 g/mol. The molecule has 0 unspecified atom stereocenters. The van der Waals surface area contributed by atoms with Gasteiger partial charge >= 0.3 is 0 Å². The first-order chi connectivity index (χ1) is 11.2. The van der Waals surface area contributed by atoms with Crippen LogP contribution in [0.4, 0.5) is 0 Å². The second-order valence-corrected chi connectivity index (χ2v) is 9.89. The molecular formula is C23H40O. The Bertz CT molecular complexity index is 472. The van der Waals surface area contributed by atoms with Crippen LogP contribution < -0.4 is 0 Å². The quantitative estimate of drug-likeness (QED) is 0.480. The number of rotatable bonds is 6. The van der Waals surface area contributed by atoms with Crippen LogP contribution in [0.25, 0.3) is 0 Å². The molecule has 0 N–H and O–H groups in total. The molecule has 1 nitrogen and oxygen atoms in total. The molecule has 2 saturated carbocycles. The van der Waals surface area contributed by atoms with Gasteiger partial charge in [-0.1, -0.05) is 52.2 Å². The van der Waals surface area contributed by atoms with Crippen LogP contribution >= 0.6 is 0 Å². The maximum absolute atomic E-state index is 11.1. The first-order valence-electron chi connectivity index (χ1n) is 10.3. The first-order valence-corrected chi connectivity index (χ1v) is 10.3. The van der Waals surface area contributed by atoms with Crippen LogP contribution in [0.1, 0.15) is 99.3 Å². The highest BCUT2D eigenvalue weighted by molar-refractivity contribution is 5.75. The van der Waals surface area contributed by atoms with Gasteiger partial charge < -0.3 is 4.79 Å². The molecule has 2 aliphatic rings. The van der Waals surface area contributed by atoms with Crippen LogP contribution in [0.2, 0.25) is 0 Å². The molecule has 0 heterocycles. The van der Waals surface area contributed by atoms with E-state index in [1.165, 1.54) is 50.5 Å². The zero-order valence-corrected chi connectivity index (χ0v) is 17.1. The number of allylic oxidation sites excluding steroid dienone is 2. The van der Waals surface area contributed by atoms with Gasteiger partial charge in [0.25, 0.3) is 0 Å². The minimum Gasteiger partial charge on any atom is -0.300 e. The standard InChI is InChI=1S/C23H40O/c1-17(9-7-10-19(3)24)11-13-20-18(2)12-14-21-22(4,5)15-8-16-23(20,21)6/h9,18,20-21H,7-8,10-16H2,1-6H3/b17-9-/t18-,20-,21-,23-/m0/s1. The van der Waals surface area contributed by atoms with Crippen LogP contribution in [0.15, 0.2) is 11.6 Å². The van der Waals surface area contributed by atoms with Crippen LogP contribution in [0.3, 0.4) is 0 Å². The van der Waals surface area contributed by atoms with Gasteiger partial charge in [0.15, 0.2) is 0 Å². The molecule has 0 spiro atoms. The molecular weight excluding hydrogens is 292 g/mol. The monoisotopic (exact) mass is 332 g/mol. The Labute approximate surface area is 150 Å². The van der Waals surface area contributed by atoms with Gasteiger partial charge in [-0.2, -0.15) is 0 Å². The van der Waals surface area contributed by atoms with Crippen molar-refractivity contribution in [3.05, 3.63) is 11.6 Å². The van der Waals surface area contributed by atoms with Gasteiger partial charge in [-0.15, -0.1) is 0 Å². The Kier molecular flexibility index (Phi) is 6.37. The predicted molar refractivity (Wildman–Crippen MR) is 104 cm³/mol. The molecule has 0 aromatic rings. The summed E-state index contributed by atoms with van der Waals surface area (Å²) in [5, 5.41) is 0. The van der Waals surface area contributed by atoms with Crippen LogP contribution in [0, 0.1) is 28.6 Å². The van der Waals surface area contributed by atoms with Crippen molar-refractivity contribution in [3.63, 3.8) is 0 Å². The lowest BCUT2D eigenvalue weighted by molar-refractivity contribution is -0.116. The summed E-state index contributed by atoms with van der Waals surface area (Å²) in [6.45, 7) is 14.1. The highest BCUT2D eigenvalue weighted by atomic mass is 16.1. The van der Waals surface area contributed by atoms with Crippen molar-refractivity contribution >= 4 is 5.78 Å². The van der Waals surface area contributed by atoms with Crippen molar-refractivity contribution < 1.29 is 4.79 Å². The highest BCUT2D eigenvalue weighted by Gasteiger charge is 2.53. The molecule has 2 aliphatic carbocycles. The number of hydrogen-bond acceptors (Lipinski definition) is 1. The van der Waals surface area contributed by atoms with Crippen LogP contribution in [-0.4, -0.2) is 5.78 Å². The second-order valence-electron chi connectivity index (χ2n) is 9.89. The van der Waals surface area contributed by atoms with Crippen LogP contribution in [-0.2, 0) is 4.79 Å². The summed E-state index contributed by atoms with van der Waals surface area (Å²) in [6, 6.07) is 0. The van der Waals surface area contributed by atoms with Gasteiger partial charge in [0.2, 0.25) is 0 Å². The fourth-order valence-electron chi connectivity index (χ4n) is 6.23. The maximum Gasteiger partial charge on any atom is 0.130 e. The fourth-order valence-corrected chi connectivity index (χ4v) is 6.23. The molecule has 0 aromatic heterocycles. The Morgan fingerprint density at radius 3 is 2.46 bits per heavy atom. The average Bonchev–Trinajstić information content (AvgIpc) is 2.45. The summed E-state index contributed by atoms with van der Waals surface area (Å²) in [7, 11) is 0. The van der Waals surface area contributed by atoms with E-state index in [-0.39, 0.29) is 0 Å². The number of Topliss-reactive ketones (excluding diaryl/α,β-unsaturated/α-hetero) is 1. The van der Waals surface area contributed by atoms with E-state index in [4.69, 9.17) is 0 Å². The molecule has 0 bridgehead atoms. The minimum atomic E-state index is 0.305. The third-order valence-corrected chi connectivity index (χ3v) is 7.56. The number of ketones is 1. The van der Waals surface area contributed by atoms with E-state index in [1.54, 1.807) is 6.92 Å². The van der Waals surface area contributed by atoms with Gasteiger partial charge in [0.1, 0.15) is 5.78 Å². The molecule has 0 radical (unpaired) electrons. The van der Waals surface area contributed by atoms with E-state index in [1.807, 2.05) is 0 Å². The van der Waals surface area contributed by atoms with Crippen molar-refractivity contribution in [2.24, 2.45) is 28.6 Å². The molecule has 0 aromatic carbocycles. The molecule has 2 fully saturated rings. The highest BCUT2D eigenvalue weighted by Crippen LogP contribution is 2.62. The molecule has 4 atom stereocenters. The second kappa shape index (κ2) is 7.75. The van der Waals surface area contributed by atoms with Crippen molar-refractivity contribution in [3.8, 4) is 0 Å². The fraction of sp³-hybridized carbons (Fsp3) is 0.870. The summed E-state index contributed by atoms with van der Waals surface area (Å²) < 4.78 is 0. The van der Waals surface area contributed by atoms with Crippen molar-refractivity contribution in [2.45, 2.75) is 99.3 Å². The van der Waals surface area contributed by atoms with Gasteiger partial charge in [-0.25, -0.2) is 0 Å². The number of carbonyl (C=O) groups excluding carboxylic acids is 1. The van der Waals surface area contributed by atoms with Gasteiger partial charge in [0, 0.05) is 6.42 Å². The lowest BCUT2D eigenvalue weighted by Crippen LogP contribution is -2.51. The minimum absolute atomic E-state index is 0.305. The van der Waals surface area contributed by atoms with Gasteiger partial charge in [-0.3, -0.25) is 0 Å². The number of carbonyl (C=O) groups is 1. The third-order valence-electron chi connectivity index (χ3n) is 7.56. The topological polar surface area (TPSA) is 17.1 Å². The lowest BCUT2D eigenvalue weighted by Gasteiger charge is -2.59. The van der Waals surface area contributed by atoms with E-state index in [0.29, 0.717) is 23.0 Å². The normalized spacial score (nSPS) is 36.2. The molecule has 138 valence electrons. The Morgan fingerprint density at radius 1 is 1.08 bits per heavy atom. The smallest absolute Gasteiger partial charge is 0.130 e. The summed E-state index contributed by atoms with van der Waals surface area (Å²) in [5.74, 6) is 2.94. The Balaban J connectivity index is 2.03. The third kappa shape index (κ3) is 4.33. The molecule has 0 saturated heterocycles. The van der Waals surface area contributed by atoms with Gasteiger partial charge in [0.05, 0.1) is 0 Å². The molecule has 24 heavy (non-hydrogen) atoms. The summed E-state index contributed by atoms with van der Waals surface area (Å²) >= 11 is 0. The maximum atomic E-state index is 11.1. The Morgan fingerprint density at radius 2 is 1.79 bits per heavy atom. The van der Waals surface area contributed by atoms with E-state index >= 15 is 0 Å². The predicted octanol–water partition coefficient (Wildman–Crippen LogP) is 6.96. The number of fused-ring (bicyclic) bond motifs is 1. The SMILES string of the molecule is CC(=O)CC/C=C(/C)CC[C@H]1[C@@H](C)CC[C@H]2C(C)(C)CCC[C@@]12C. The van der Waals surface area contributed by atoms with E-state index in [0.717, 1.165) is 24.2 Å². The largest absolute Gasteiger partial charge is 0.300 e. The molecule has 2 rings (SSSR count). The van der Waals surface area contributed by atoms with E-state index in [9.17, 15) is 4.79 Å². The zero-order chi connectivity index (χ0) is 18.0. The molecule has 1 heteroatoms. The van der Waals surface area contributed by atoms with Crippen molar-refractivity contribution in [1.29, 1.82) is 0 Å². The zero-order valence-electron chi connectivity index (χ0n) is 17.1. The summed E-state index contributed by atoms with van der Waals surface area (Å²) in [5.41, 5.74) is 2.56. The molecule has 0 aliphatic heterocycles. The molecule has 0 amide bonds. The number of hydrogen-bond donors (Lipinski definition) is 0. The lowest BCUT2D eigenvalue weighted by atomic mass is 9.46. The first kappa shape index (κ1) is 19.7. The van der Waals surface area contributed by atoms with E-state index < -0.39 is 0 Å². The van der Waals surface area contributed by atoms with Crippen molar-refractivity contribution in [1.82, 2.24) is 0 Å².